The molecule has 1 saturated carbocycles. The van der Waals surface area contributed by atoms with Crippen LogP contribution in [-0.4, -0.2) is 28.7 Å². The number of halogens is 2. The Bertz CT molecular complexity index is 1020. The lowest BCUT2D eigenvalue weighted by Crippen LogP contribution is -2.32. The number of hydrogen-bond donors (Lipinski definition) is 2. The molecule has 30 heavy (non-hydrogen) atoms. The minimum absolute atomic E-state index is 0.241. The first kappa shape index (κ1) is 20.9. The molecule has 0 saturated heterocycles. The molecule has 0 atom stereocenters. The van der Waals surface area contributed by atoms with Gasteiger partial charge in [-0.1, -0.05) is 23.7 Å². The standard InChI is InChI=1S/C24H26ClFN2O2/c25-20-7-5-17(6-8-20)14-28-10-9-19-11-21(26)12-22(23(19)28)24(30)27-13-16-1-3-18(15-29)4-2-16/h5-12,16,18,29H,1-4,13-15H2,(H,27,30). The van der Waals surface area contributed by atoms with Gasteiger partial charge in [0.2, 0.25) is 0 Å². The predicted octanol–water partition coefficient (Wildman–Crippen LogP) is 5.01. The van der Waals surface area contributed by atoms with E-state index in [-0.39, 0.29) is 12.5 Å². The molecule has 0 unspecified atom stereocenters. The molecule has 4 nitrogen and oxygen atoms in total. The van der Waals surface area contributed by atoms with Gasteiger partial charge in [-0.2, -0.15) is 0 Å². The number of carbonyl (C=O) groups excluding carboxylic acids is 1. The van der Waals surface area contributed by atoms with Gasteiger partial charge in [0, 0.05) is 36.3 Å². The molecule has 1 aromatic heterocycles. The second-order valence-corrected chi connectivity index (χ2v) is 8.68. The number of carbonyl (C=O) groups is 1. The molecule has 2 N–H and O–H groups in total. The van der Waals surface area contributed by atoms with Crippen LogP contribution < -0.4 is 5.32 Å². The van der Waals surface area contributed by atoms with E-state index in [1.165, 1.54) is 12.1 Å². The van der Waals surface area contributed by atoms with Crippen molar-refractivity contribution in [2.24, 2.45) is 11.8 Å². The van der Waals surface area contributed by atoms with Crippen LogP contribution in [0.1, 0.15) is 41.6 Å². The Morgan fingerprint density at radius 2 is 1.80 bits per heavy atom. The summed E-state index contributed by atoms with van der Waals surface area (Å²) in [7, 11) is 0. The van der Waals surface area contributed by atoms with E-state index in [9.17, 15) is 14.3 Å². The van der Waals surface area contributed by atoms with Crippen LogP contribution in [0.3, 0.4) is 0 Å². The van der Waals surface area contributed by atoms with Gasteiger partial charge in [-0.05, 0) is 73.4 Å². The number of rotatable bonds is 6. The lowest BCUT2D eigenvalue weighted by Gasteiger charge is -2.27. The molecule has 0 radical (unpaired) electrons. The number of aromatic nitrogens is 1. The molecule has 0 bridgehead atoms. The van der Waals surface area contributed by atoms with E-state index in [1.54, 1.807) is 0 Å². The van der Waals surface area contributed by atoms with Gasteiger partial charge in [0.25, 0.3) is 5.91 Å². The molecule has 1 heterocycles. The zero-order valence-electron chi connectivity index (χ0n) is 16.8. The Kier molecular flexibility index (Phi) is 6.40. The van der Waals surface area contributed by atoms with Gasteiger partial charge in [0.05, 0.1) is 11.1 Å². The smallest absolute Gasteiger partial charge is 0.253 e. The Labute approximate surface area is 180 Å². The highest BCUT2D eigenvalue weighted by Crippen LogP contribution is 2.28. The Morgan fingerprint density at radius 1 is 1.10 bits per heavy atom. The summed E-state index contributed by atoms with van der Waals surface area (Å²) < 4.78 is 16.2. The summed E-state index contributed by atoms with van der Waals surface area (Å²) in [6, 6.07) is 12.2. The first-order valence-electron chi connectivity index (χ1n) is 10.5. The van der Waals surface area contributed by atoms with Crippen molar-refractivity contribution in [3.8, 4) is 0 Å². The van der Waals surface area contributed by atoms with Crippen molar-refractivity contribution in [2.45, 2.75) is 32.2 Å². The zero-order valence-corrected chi connectivity index (χ0v) is 17.5. The maximum Gasteiger partial charge on any atom is 0.253 e. The molecular formula is C24H26ClFN2O2. The third-order valence-corrected chi connectivity index (χ3v) is 6.36. The normalized spacial score (nSPS) is 19.2. The number of nitrogens with one attached hydrogen (secondary N) is 1. The van der Waals surface area contributed by atoms with Gasteiger partial charge in [0.1, 0.15) is 5.82 Å². The minimum atomic E-state index is -0.416. The molecule has 2 aromatic carbocycles. The fourth-order valence-corrected chi connectivity index (χ4v) is 4.48. The van der Waals surface area contributed by atoms with Crippen LogP contribution in [-0.2, 0) is 6.54 Å². The highest BCUT2D eigenvalue weighted by Gasteiger charge is 2.22. The van der Waals surface area contributed by atoms with E-state index < -0.39 is 5.82 Å². The summed E-state index contributed by atoms with van der Waals surface area (Å²) in [6.45, 7) is 1.38. The number of nitrogens with zero attached hydrogens (tertiary/aromatic N) is 1. The van der Waals surface area contributed by atoms with Crippen molar-refractivity contribution in [2.75, 3.05) is 13.2 Å². The maximum absolute atomic E-state index is 14.2. The number of aliphatic hydroxyl groups is 1. The molecule has 3 aromatic rings. The third kappa shape index (κ3) is 4.68. The maximum atomic E-state index is 14.2. The van der Waals surface area contributed by atoms with Crippen molar-refractivity contribution < 1.29 is 14.3 Å². The van der Waals surface area contributed by atoms with Crippen LogP contribution in [0.2, 0.25) is 5.02 Å². The molecule has 158 valence electrons. The summed E-state index contributed by atoms with van der Waals surface area (Å²) in [5.41, 5.74) is 2.13. The van der Waals surface area contributed by atoms with E-state index in [4.69, 9.17) is 11.6 Å². The number of benzene rings is 2. The topological polar surface area (TPSA) is 54.3 Å². The molecule has 1 amide bonds. The minimum Gasteiger partial charge on any atom is -0.396 e. The van der Waals surface area contributed by atoms with Crippen molar-refractivity contribution in [3.05, 3.63) is 70.6 Å². The molecule has 0 spiro atoms. The van der Waals surface area contributed by atoms with Crippen LogP contribution >= 0.6 is 11.6 Å². The number of hydrogen-bond acceptors (Lipinski definition) is 2. The molecular weight excluding hydrogens is 403 g/mol. The van der Waals surface area contributed by atoms with Crippen LogP contribution in [0.5, 0.6) is 0 Å². The van der Waals surface area contributed by atoms with Gasteiger partial charge in [-0.3, -0.25) is 4.79 Å². The van der Waals surface area contributed by atoms with Crippen molar-refractivity contribution in [3.63, 3.8) is 0 Å². The Hall–Kier alpha value is -2.37. The summed E-state index contributed by atoms with van der Waals surface area (Å²) >= 11 is 5.97. The van der Waals surface area contributed by atoms with Crippen LogP contribution in [0.25, 0.3) is 10.9 Å². The fraction of sp³-hybridized carbons (Fsp3) is 0.375. The van der Waals surface area contributed by atoms with Crippen molar-refractivity contribution >= 4 is 28.4 Å². The first-order valence-corrected chi connectivity index (χ1v) is 10.8. The van der Waals surface area contributed by atoms with Crippen molar-refractivity contribution in [1.82, 2.24) is 9.88 Å². The van der Waals surface area contributed by atoms with Crippen LogP contribution in [0.15, 0.2) is 48.7 Å². The monoisotopic (exact) mass is 428 g/mol. The Balaban J connectivity index is 1.53. The lowest BCUT2D eigenvalue weighted by atomic mass is 9.82. The lowest BCUT2D eigenvalue weighted by molar-refractivity contribution is 0.0937. The summed E-state index contributed by atoms with van der Waals surface area (Å²) in [6.07, 6.45) is 5.86. The van der Waals surface area contributed by atoms with Gasteiger partial charge in [0.15, 0.2) is 0 Å². The van der Waals surface area contributed by atoms with Crippen LogP contribution in [0, 0.1) is 17.7 Å². The summed E-state index contributed by atoms with van der Waals surface area (Å²) in [4.78, 5) is 13.0. The number of fused-ring (bicyclic) bond motifs is 1. The molecule has 4 rings (SSSR count). The van der Waals surface area contributed by atoms with Gasteiger partial charge in [-0.25, -0.2) is 4.39 Å². The van der Waals surface area contributed by atoms with E-state index in [0.29, 0.717) is 40.9 Å². The third-order valence-electron chi connectivity index (χ3n) is 6.11. The van der Waals surface area contributed by atoms with E-state index in [1.807, 2.05) is 41.1 Å². The van der Waals surface area contributed by atoms with Crippen LogP contribution in [0.4, 0.5) is 4.39 Å². The second kappa shape index (κ2) is 9.19. The quantitative estimate of drug-likeness (QED) is 0.579. The molecule has 6 heteroatoms. The van der Waals surface area contributed by atoms with Gasteiger partial charge in [-0.15, -0.1) is 0 Å². The average molecular weight is 429 g/mol. The SMILES string of the molecule is O=C(NCC1CCC(CO)CC1)c1cc(F)cc2ccn(Cc3ccc(Cl)cc3)c12. The first-order chi connectivity index (χ1) is 14.5. The van der Waals surface area contributed by atoms with E-state index in [0.717, 1.165) is 36.8 Å². The van der Waals surface area contributed by atoms with Gasteiger partial charge < -0.3 is 15.0 Å². The molecule has 0 aliphatic heterocycles. The van der Waals surface area contributed by atoms with Gasteiger partial charge >= 0.3 is 0 Å². The number of aliphatic hydroxyl groups excluding tert-OH is 1. The average Bonchev–Trinajstić information content (AvgIpc) is 3.15. The summed E-state index contributed by atoms with van der Waals surface area (Å²) in [5, 5.41) is 13.7. The highest BCUT2D eigenvalue weighted by atomic mass is 35.5. The predicted molar refractivity (Wildman–Crippen MR) is 117 cm³/mol. The largest absolute Gasteiger partial charge is 0.396 e. The zero-order chi connectivity index (χ0) is 21.1. The summed E-state index contributed by atoms with van der Waals surface area (Å²) in [5.74, 6) is 0.123. The highest BCUT2D eigenvalue weighted by molar-refractivity contribution is 6.30. The molecule has 1 fully saturated rings. The van der Waals surface area contributed by atoms with Crippen molar-refractivity contribution in [1.29, 1.82) is 0 Å². The molecule has 1 aliphatic carbocycles. The Morgan fingerprint density at radius 3 is 2.50 bits per heavy atom. The second-order valence-electron chi connectivity index (χ2n) is 8.24. The van der Waals surface area contributed by atoms with E-state index >= 15 is 0 Å². The fourth-order valence-electron chi connectivity index (χ4n) is 4.35. The number of amides is 1. The molecule has 1 aliphatic rings. The van der Waals surface area contributed by atoms with E-state index in [2.05, 4.69) is 5.32 Å².